The third-order valence-electron chi connectivity index (χ3n) is 3.71. The van der Waals surface area contributed by atoms with Crippen LogP contribution in [0.1, 0.15) is 52.9 Å². The lowest BCUT2D eigenvalue weighted by Crippen LogP contribution is -2.39. The fourth-order valence-electron chi connectivity index (χ4n) is 2.78. The second-order valence-corrected chi connectivity index (χ2v) is 6.05. The molecule has 1 fully saturated rings. The predicted octanol–water partition coefficient (Wildman–Crippen LogP) is 3.13. The van der Waals surface area contributed by atoms with Gasteiger partial charge in [0.15, 0.2) is 0 Å². The summed E-state index contributed by atoms with van der Waals surface area (Å²) in [5, 5.41) is 3.53. The number of nitrogens with one attached hydrogen (secondary N) is 1. The van der Waals surface area contributed by atoms with Gasteiger partial charge in [-0.25, -0.2) is 0 Å². The molecule has 1 saturated heterocycles. The molecule has 0 amide bonds. The number of rotatable bonds is 8. The van der Waals surface area contributed by atoms with Gasteiger partial charge in [0.1, 0.15) is 0 Å². The van der Waals surface area contributed by atoms with E-state index in [2.05, 4.69) is 31.0 Å². The number of nitrogens with zero attached hydrogens (tertiary/aromatic N) is 1. The molecule has 2 nitrogen and oxygen atoms in total. The number of hydrogen-bond donors (Lipinski definition) is 1. The third-order valence-corrected chi connectivity index (χ3v) is 3.71. The van der Waals surface area contributed by atoms with Crippen molar-refractivity contribution in [2.75, 3.05) is 32.7 Å². The van der Waals surface area contributed by atoms with Gasteiger partial charge in [0.05, 0.1) is 0 Å². The maximum Gasteiger partial charge on any atom is 0.00218 e. The van der Waals surface area contributed by atoms with Crippen LogP contribution >= 0.6 is 0 Å². The molecule has 0 aromatic carbocycles. The fraction of sp³-hybridized carbons (Fsp3) is 1.00. The van der Waals surface area contributed by atoms with Gasteiger partial charge in [-0.1, -0.05) is 20.8 Å². The molecule has 1 unspecified atom stereocenters. The summed E-state index contributed by atoms with van der Waals surface area (Å²) >= 11 is 0. The minimum Gasteiger partial charge on any atom is -0.316 e. The fourth-order valence-corrected chi connectivity index (χ4v) is 2.78. The molecule has 0 bridgehead atoms. The van der Waals surface area contributed by atoms with Gasteiger partial charge in [0.25, 0.3) is 0 Å². The molecule has 1 heterocycles. The van der Waals surface area contributed by atoms with Gasteiger partial charge < -0.3 is 10.2 Å². The molecule has 1 rings (SSSR count). The highest BCUT2D eigenvalue weighted by atomic mass is 15.1. The Morgan fingerprint density at radius 2 is 2.12 bits per heavy atom. The van der Waals surface area contributed by atoms with Crippen molar-refractivity contribution in [3.63, 3.8) is 0 Å². The van der Waals surface area contributed by atoms with Crippen molar-refractivity contribution in [1.82, 2.24) is 10.2 Å². The Bertz CT molecular complexity index is 174. The number of piperidine rings is 1. The SMILES string of the molecule is CCCN(CCCC(C)C)CC1CCCNC1. The molecule has 1 atom stereocenters. The Hall–Kier alpha value is -0.0800. The summed E-state index contributed by atoms with van der Waals surface area (Å²) < 4.78 is 0. The van der Waals surface area contributed by atoms with E-state index in [0.29, 0.717) is 0 Å². The highest BCUT2D eigenvalue weighted by Gasteiger charge is 2.16. The van der Waals surface area contributed by atoms with Crippen LogP contribution in [-0.2, 0) is 0 Å². The maximum atomic E-state index is 3.53. The van der Waals surface area contributed by atoms with Crippen molar-refractivity contribution in [1.29, 1.82) is 0 Å². The summed E-state index contributed by atoms with van der Waals surface area (Å²) in [7, 11) is 0. The van der Waals surface area contributed by atoms with Crippen molar-refractivity contribution >= 4 is 0 Å². The van der Waals surface area contributed by atoms with E-state index in [0.717, 1.165) is 11.8 Å². The van der Waals surface area contributed by atoms with E-state index >= 15 is 0 Å². The Morgan fingerprint density at radius 3 is 2.71 bits per heavy atom. The van der Waals surface area contributed by atoms with Gasteiger partial charge in [0, 0.05) is 6.54 Å². The second kappa shape index (κ2) is 8.93. The molecule has 0 aliphatic carbocycles. The molecule has 1 N–H and O–H groups in total. The summed E-state index contributed by atoms with van der Waals surface area (Å²) in [4.78, 5) is 2.69. The van der Waals surface area contributed by atoms with Crippen LogP contribution in [0.4, 0.5) is 0 Å². The van der Waals surface area contributed by atoms with E-state index in [4.69, 9.17) is 0 Å². The maximum absolute atomic E-state index is 3.53. The first-order chi connectivity index (χ1) is 8.22. The average molecular weight is 240 g/mol. The Morgan fingerprint density at radius 1 is 1.29 bits per heavy atom. The lowest BCUT2D eigenvalue weighted by molar-refractivity contribution is 0.203. The Kier molecular flexibility index (Phi) is 7.87. The third kappa shape index (κ3) is 7.05. The minimum absolute atomic E-state index is 0.856. The number of hydrogen-bond acceptors (Lipinski definition) is 2. The van der Waals surface area contributed by atoms with E-state index in [1.54, 1.807) is 0 Å². The van der Waals surface area contributed by atoms with Crippen molar-refractivity contribution in [3.8, 4) is 0 Å². The molecular weight excluding hydrogens is 208 g/mol. The van der Waals surface area contributed by atoms with Crippen LogP contribution in [0.25, 0.3) is 0 Å². The molecule has 2 heteroatoms. The van der Waals surface area contributed by atoms with Crippen molar-refractivity contribution in [3.05, 3.63) is 0 Å². The molecular formula is C15H32N2. The van der Waals surface area contributed by atoms with Crippen LogP contribution < -0.4 is 5.32 Å². The molecule has 0 radical (unpaired) electrons. The second-order valence-electron chi connectivity index (χ2n) is 6.05. The summed E-state index contributed by atoms with van der Waals surface area (Å²) in [6, 6.07) is 0. The zero-order valence-electron chi connectivity index (χ0n) is 12.2. The highest BCUT2D eigenvalue weighted by Crippen LogP contribution is 2.13. The molecule has 0 aromatic rings. The summed E-state index contributed by atoms with van der Waals surface area (Å²) in [5.41, 5.74) is 0. The molecule has 102 valence electrons. The lowest BCUT2D eigenvalue weighted by atomic mass is 9.98. The van der Waals surface area contributed by atoms with Gasteiger partial charge in [-0.2, -0.15) is 0 Å². The van der Waals surface area contributed by atoms with E-state index < -0.39 is 0 Å². The van der Waals surface area contributed by atoms with Crippen molar-refractivity contribution in [2.24, 2.45) is 11.8 Å². The van der Waals surface area contributed by atoms with Crippen LogP contribution in [0.2, 0.25) is 0 Å². The molecule has 0 aromatic heterocycles. The predicted molar refractivity (Wildman–Crippen MR) is 76.4 cm³/mol. The molecule has 1 aliphatic heterocycles. The first kappa shape index (κ1) is 15.0. The van der Waals surface area contributed by atoms with E-state index in [9.17, 15) is 0 Å². The van der Waals surface area contributed by atoms with Crippen LogP contribution in [0.5, 0.6) is 0 Å². The first-order valence-electron chi connectivity index (χ1n) is 7.65. The van der Waals surface area contributed by atoms with Crippen molar-refractivity contribution < 1.29 is 0 Å². The first-order valence-corrected chi connectivity index (χ1v) is 7.65. The Balaban J connectivity index is 2.21. The van der Waals surface area contributed by atoms with Crippen molar-refractivity contribution in [2.45, 2.75) is 52.9 Å². The summed E-state index contributed by atoms with van der Waals surface area (Å²) in [6.45, 7) is 13.3. The van der Waals surface area contributed by atoms with Crippen LogP contribution in [0.15, 0.2) is 0 Å². The van der Waals surface area contributed by atoms with Gasteiger partial charge >= 0.3 is 0 Å². The average Bonchev–Trinajstić information content (AvgIpc) is 2.30. The standard InChI is InChI=1S/C15H32N2/c1-4-10-17(11-6-7-14(2)3)13-15-8-5-9-16-12-15/h14-16H,4-13H2,1-3H3. The molecule has 17 heavy (non-hydrogen) atoms. The summed E-state index contributed by atoms with van der Waals surface area (Å²) in [6.07, 6.45) is 6.84. The minimum atomic E-state index is 0.856. The highest BCUT2D eigenvalue weighted by molar-refractivity contribution is 4.73. The topological polar surface area (TPSA) is 15.3 Å². The van der Waals surface area contributed by atoms with Gasteiger partial charge in [-0.3, -0.25) is 0 Å². The van der Waals surface area contributed by atoms with E-state index in [1.165, 1.54) is 64.8 Å². The van der Waals surface area contributed by atoms with Gasteiger partial charge in [0.2, 0.25) is 0 Å². The van der Waals surface area contributed by atoms with Crippen LogP contribution in [0.3, 0.4) is 0 Å². The largest absolute Gasteiger partial charge is 0.316 e. The zero-order valence-corrected chi connectivity index (χ0v) is 12.2. The normalized spacial score (nSPS) is 21.4. The van der Waals surface area contributed by atoms with Gasteiger partial charge in [-0.05, 0) is 70.1 Å². The Labute approximate surface area is 108 Å². The quantitative estimate of drug-likeness (QED) is 0.701. The lowest BCUT2D eigenvalue weighted by Gasteiger charge is -2.30. The van der Waals surface area contributed by atoms with E-state index in [-0.39, 0.29) is 0 Å². The van der Waals surface area contributed by atoms with Gasteiger partial charge in [-0.15, -0.1) is 0 Å². The molecule has 1 aliphatic rings. The van der Waals surface area contributed by atoms with E-state index in [1.807, 2.05) is 0 Å². The molecule has 0 saturated carbocycles. The molecule has 0 spiro atoms. The smallest absolute Gasteiger partial charge is 0.00218 e. The monoisotopic (exact) mass is 240 g/mol. The van der Waals surface area contributed by atoms with Crippen LogP contribution in [0, 0.1) is 11.8 Å². The zero-order chi connectivity index (χ0) is 12.5. The van der Waals surface area contributed by atoms with Crippen LogP contribution in [-0.4, -0.2) is 37.6 Å². The summed E-state index contributed by atoms with van der Waals surface area (Å²) in [5.74, 6) is 1.75.